The lowest BCUT2D eigenvalue weighted by atomic mass is 9.89. The molecule has 1 unspecified atom stereocenters. The molecule has 0 saturated heterocycles. The van der Waals surface area contributed by atoms with Gasteiger partial charge in [0.15, 0.2) is 0 Å². The van der Waals surface area contributed by atoms with Crippen molar-refractivity contribution in [2.24, 2.45) is 0 Å². The number of carboxylic acids is 1. The first kappa shape index (κ1) is 17.7. The van der Waals surface area contributed by atoms with Crippen LogP contribution in [0.3, 0.4) is 0 Å². The molecule has 0 aliphatic rings. The largest absolute Gasteiger partial charge is 0.480 e. The van der Waals surface area contributed by atoms with Crippen molar-refractivity contribution in [3.05, 3.63) is 0 Å². The van der Waals surface area contributed by atoms with Gasteiger partial charge >= 0.3 is 12.1 Å². The number of aliphatic carboxylic acids is 1. The minimum atomic E-state index is -1.19. The lowest BCUT2D eigenvalue weighted by Gasteiger charge is -2.29. The molecule has 0 aromatic rings. The number of carbonyl (C=O) groups excluding carboxylic acids is 1. The molecule has 0 fully saturated rings. The van der Waals surface area contributed by atoms with Crippen molar-refractivity contribution in [3.63, 3.8) is 0 Å². The normalized spacial score (nSPS) is 13.8. The molecule has 112 valence electrons. The van der Waals surface area contributed by atoms with Crippen molar-refractivity contribution in [3.8, 4) is 0 Å². The zero-order valence-electron chi connectivity index (χ0n) is 12.3. The van der Waals surface area contributed by atoms with E-state index in [0.717, 1.165) is 0 Å². The molecule has 0 aliphatic heterocycles. The Morgan fingerprint density at radius 2 is 1.68 bits per heavy atom. The van der Waals surface area contributed by atoms with E-state index in [1.807, 2.05) is 0 Å². The molecule has 0 radical (unpaired) electrons. The van der Waals surface area contributed by atoms with Gasteiger partial charge in [-0.1, -0.05) is 13.8 Å². The molecular formula is C13H25NO5. The molecule has 3 N–H and O–H groups in total. The lowest BCUT2D eigenvalue weighted by molar-refractivity contribution is -0.141. The SMILES string of the molecule is CCC(O)(CC)CC(NC(=O)OC(C)(C)C)C(=O)O. The average Bonchev–Trinajstić information content (AvgIpc) is 2.25. The number of hydrogen-bond acceptors (Lipinski definition) is 4. The summed E-state index contributed by atoms with van der Waals surface area (Å²) in [5.41, 5.74) is -1.79. The minimum Gasteiger partial charge on any atom is -0.480 e. The van der Waals surface area contributed by atoms with Gasteiger partial charge in [0.1, 0.15) is 11.6 Å². The standard InChI is InChI=1S/C13H25NO5/c1-6-13(18,7-2)8-9(10(15)16)14-11(17)19-12(3,4)5/h9,18H,6-8H2,1-5H3,(H,14,17)(H,15,16). The van der Waals surface area contributed by atoms with Gasteiger partial charge in [-0.2, -0.15) is 0 Å². The van der Waals surface area contributed by atoms with Crippen molar-refractivity contribution in [1.29, 1.82) is 0 Å². The Labute approximate surface area is 114 Å². The summed E-state index contributed by atoms with van der Waals surface area (Å²) in [6, 6.07) is -1.17. The predicted molar refractivity (Wildman–Crippen MR) is 70.9 cm³/mol. The highest BCUT2D eigenvalue weighted by molar-refractivity contribution is 5.80. The van der Waals surface area contributed by atoms with E-state index in [1.54, 1.807) is 34.6 Å². The van der Waals surface area contributed by atoms with Gasteiger partial charge in [-0.15, -0.1) is 0 Å². The Bertz CT molecular complexity index is 317. The highest BCUT2D eigenvalue weighted by Gasteiger charge is 2.32. The highest BCUT2D eigenvalue weighted by Crippen LogP contribution is 2.21. The number of ether oxygens (including phenoxy) is 1. The molecule has 0 spiro atoms. The van der Waals surface area contributed by atoms with Gasteiger partial charge in [0.2, 0.25) is 0 Å². The Kier molecular flexibility index (Phi) is 6.29. The van der Waals surface area contributed by atoms with Crippen LogP contribution in [-0.4, -0.2) is 39.5 Å². The maximum Gasteiger partial charge on any atom is 0.408 e. The summed E-state index contributed by atoms with van der Waals surface area (Å²) >= 11 is 0. The number of carbonyl (C=O) groups is 2. The fourth-order valence-electron chi connectivity index (χ4n) is 1.57. The number of carboxylic acid groups (broad SMARTS) is 1. The van der Waals surface area contributed by atoms with Crippen LogP contribution < -0.4 is 5.32 Å². The summed E-state index contributed by atoms with van der Waals surface area (Å²) in [6.45, 7) is 8.62. The van der Waals surface area contributed by atoms with Crippen molar-refractivity contribution < 1.29 is 24.5 Å². The molecule has 19 heavy (non-hydrogen) atoms. The van der Waals surface area contributed by atoms with E-state index in [9.17, 15) is 14.7 Å². The van der Waals surface area contributed by atoms with Crippen LogP contribution >= 0.6 is 0 Å². The second-order valence-electron chi connectivity index (χ2n) is 5.67. The van der Waals surface area contributed by atoms with E-state index in [0.29, 0.717) is 12.8 Å². The van der Waals surface area contributed by atoms with E-state index in [4.69, 9.17) is 9.84 Å². The lowest BCUT2D eigenvalue weighted by Crippen LogP contribution is -2.47. The maximum atomic E-state index is 11.6. The first-order valence-electron chi connectivity index (χ1n) is 6.47. The summed E-state index contributed by atoms with van der Waals surface area (Å²) in [4.78, 5) is 22.7. The molecule has 6 nitrogen and oxygen atoms in total. The number of hydrogen-bond donors (Lipinski definition) is 3. The summed E-state index contributed by atoms with van der Waals surface area (Å²) in [5, 5.41) is 21.5. The van der Waals surface area contributed by atoms with Gasteiger partial charge in [0.05, 0.1) is 5.60 Å². The van der Waals surface area contributed by atoms with Gasteiger partial charge < -0.3 is 20.3 Å². The van der Waals surface area contributed by atoms with E-state index in [2.05, 4.69) is 5.32 Å². The zero-order chi connectivity index (χ0) is 15.3. The Balaban J connectivity index is 4.68. The fraction of sp³-hybridized carbons (Fsp3) is 0.846. The monoisotopic (exact) mass is 275 g/mol. The molecule has 0 aromatic carbocycles. The molecule has 0 aromatic heterocycles. The van der Waals surface area contributed by atoms with Crippen LogP contribution in [0.5, 0.6) is 0 Å². The highest BCUT2D eigenvalue weighted by atomic mass is 16.6. The number of aliphatic hydroxyl groups is 1. The molecule has 0 aliphatic carbocycles. The molecule has 1 atom stereocenters. The van der Waals surface area contributed by atoms with Crippen molar-refractivity contribution in [1.82, 2.24) is 5.32 Å². The smallest absolute Gasteiger partial charge is 0.408 e. The average molecular weight is 275 g/mol. The molecule has 1 amide bonds. The topological polar surface area (TPSA) is 95.9 Å². The van der Waals surface area contributed by atoms with Crippen LogP contribution in [0, 0.1) is 0 Å². The Morgan fingerprint density at radius 1 is 1.21 bits per heavy atom. The van der Waals surface area contributed by atoms with Crippen LogP contribution in [0.25, 0.3) is 0 Å². The van der Waals surface area contributed by atoms with Crippen molar-refractivity contribution in [2.45, 2.75) is 71.1 Å². The van der Waals surface area contributed by atoms with Crippen LogP contribution in [0.15, 0.2) is 0 Å². The third-order valence-electron chi connectivity index (χ3n) is 2.89. The molecule has 0 saturated carbocycles. The second-order valence-corrected chi connectivity index (χ2v) is 5.67. The van der Waals surface area contributed by atoms with E-state index in [1.165, 1.54) is 0 Å². The third kappa shape index (κ3) is 7.00. The second kappa shape index (κ2) is 6.75. The molecule has 6 heteroatoms. The van der Waals surface area contributed by atoms with Gasteiger partial charge in [-0.05, 0) is 33.6 Å². The number of rotatable bonds is 6. The first-order valence-corrected chi connectivity index (χ1v) is 6.47. The minimum absolute atomic E-state index is 0.0470. The molecule has 0 heterocycles. The molecule has 0 rings (SSSR count). The third-order valence-corrected chi connectivity index (χ3v) is 2.89. The van der Waals surface area contributed by atoms with Gasteiger partial charge in [0, 0.05) is 6.42 Å². The predicted octanol–water partition coefficient (Wildman–Crippen LogP) is 1.91. The summed E-state index contributed by atoms with van der Waals surface area (Å²) in [7, 11) is 0. The molecule has 0 bridgehead atoms. The van der Waals surface area contributed by atoms with E-state index >= 15 is 0 Å². The van der Waals surface area contributed by atoms with Gasteiger partial charge in [-0.3, -0.25) is 0 Å². The van der Waals surface area contributed by atoms with Gasteiger partial charge in [0.25, 0.3) is 0 Å². The Morgan fingerprint density at radius 3 is 2.00 bits per heavy atom. The van der Waals surface area contributed by atoms with Crippen molar-refractivity contribution >= 4 is 12.1 Å². The maximum absolute atomic E-state index is 11.6. The molecular weight excluding hydrogens is 250 g/mol. The fourth-order valence-corrected chi connectivity index (χ4v) is 1.57. The van der Waals surface area contributed by atoms with Crippen molar-refractivity contribution in [2.75, 3.05) is 0 Å². The Hall–Kier alpha value is -1.30. The number of amides is 1. The van der Waals surface area contributed by atoms with Crippen LogP contribution in [0.2, 0.25) is 0 Å². The summed E-state index contributed by atoms with van der Waals surface area (Å²) in [6.07, 6.45) is -0.00401. The van der Waals surface area contributed by atoms with Crippen LogP contribution in [0.4, 0.5) is 4.79 Å². The van der Waals surface area contributed by atoms with E-state index < -0.39 is 29.3 Å². The number of nitrogens with one attached hydrogen (secondary N) is 1. The van der Waals surface area contributed by atoms with Gasteiger partial charge in [-0.25, -0.2) is 9.59 Å². The van der Waals surface area contributed by atoms with Crippen LogP contribution in [-0.2, 0) is 9.53 Å². The summed E-state index contributed by atoms with van der Waals surface area (Å²) < 4.78 is 5.01. The van der Waals surface area contributed by atoms with E-state index in [-0.39, 0.29) is 6.42 Å². The number of alkyl carbamates (subject to hydrolysis) is 1. The van der Waals surface area contributed by atoms with Crippen LogP contribution in [0.1, 0.15) is 53.9 Å². The first-order chi connectivity index (χ1) is 8.53. The zero-order valence-corrected chi connectivity index (χ0v) is 12.3. The quantitative estimate of drug-likeness (QED) is 0.688. The summed E-state index contributed by atoms with van der Waals surface area (Å²) in [5.74, 6) is -1.19.